The molecule has 1 N–H and O–H groups in total. The van der Waals surface area contributed by atoms with Gasteiger partial charge in [0, 0.05) is 31.9 Å². The first-order valence-corrected chi connectivity index (χ1v) is 8.21. The number of carbonyl (C=O) groups excluding carboxylic acids is 1. The van der Waals surface area contributed by atoms with Crippen LogP contribution in [0.2, 0.25) is 0 Å². The highest BCUT2D eigenvalue weighted by molar-refractivity contribution is 5.82. The Labute approximate surface area is 137 Å². The largest absolute Gasteiger partial charge is 0.353 e. The third-order valence-electron chi connectivity index (χ3n) is 4.38. The van der Waals surface area contributed by atoms with Crippen molar-refractivity contribution in [1.29, 1.82) is 0 Å². The molecule has 122 valence electrons. The Morgan fingerprint density at radius 2 is 2.09 bits per heavy atom. The van der Waals surface area contributed by atoms with Gasteiger partial charge in [-0.25, -0.2) is 4.98 Å². The minimum Gasteiger partial charge on any atom is -0.353 e. The molecular formula is C18H24N4O. The van der Waals surface area contributed by atoms with Gasteiger partial charge >= 0.3 is 0 Å². The first-order chi connectivity index (χ1) is 11.1. The van der Waals surface area contributed by atoms with Gasteiger partial charge in [0.2, 0.25) is 5.91 Å². The summed E-state index contributed by atoms with van der Waals surface area (Å²) in [5, 5.41) is 3.00. The molecule has 1 aliphatic heterocycles. The summed E-state index contributed by atoms with van der Waals surface area (Å²) in [6, 6.07) is 10.5. The smallest absolute Gasteiger partial charge is 0.237 e. The summed E-state index contributed by atoms with van der Waals surface area (Å²) in [7, 11) is 0. The van der Waals surface area contributed by atoms with Gasteiger partial charge in [0.15, 0.2) is 0 Å². The summed E-state index contributed by atoms with van der Waals surface area (Å²) < 4.78 is 2.17. The van der Waals surface area contributed by atoms with Crippen molar-refractivity contribution in [2.75, 3.05) is 13.1 Å². The Morgan fingerprint density at radius 1 is 1.30 bits per heavy atom. The molecule has 3 rings (SSSR count). The fraction of sp³-hybridized carbons (Fsp3) is 0.444. The fourth-order valence-electron chi connectivity index (χ4n) is 3.14. The molecule has 0 spiro atoms. The molecule has 0 saturated carbocycles. The van der Waals surface area contributed by atoms with E-state index in [0.29, 0.717) is 12.6 Å². The van der Waals surface area contributed by atoms with Crippen LogP contribution < -0.4 is 5.32 Å². The van der Waals surface area contributed by atoms with E-state index < -0.39 is 0 Å². The molecule has 0 aliphatic carbocycles. The highest BCUT2D eigenvalue weighted by Gasteiger charge is 2.30. The average molecular weight is 312 g/mol. The number of nitrogens with zero attached hydrogens (tertiary/aromatic N) is 3. The maximum absolute atomic E-state index is 12.4. The van der Waals surface area contributed by atoms with Gasteiger partial charge < -0.3 is 9.88 Å². The summed E-state index contributed by atoms with van der Waals surface area (Å²) >= 11 is 0. The third-order valence-corrected chi connectivity index (χ3v) is 4.38. The summed E-state index contributed by atoms with van der Waals surface area (Å²) in [5.41, 5.74) is 2.35. The Hall–Kier alpha value is -2.14. The van der Waals surface area contributed by atoms with Crippen LogP contribution in [0, 0.1) is 0 Å². The minimum atomic E-state index is -0.123. The van der Waals surface area contributed by atoms with Crippen LogP contribution in [0.3, 0.4) is 0 Å². The Balaban J connectivity index is 1.78. The standard InChI is InChI=1S/C18H24N4O/c1-14(2)22-13-19-11-16(22)12-21-9-8-20-18(23)17(21)10-15-6-4-3-5-7-15/h3-7,11,13-14,17H,8-10,12H2,1-2H3,(H,20,23)/t17-/m1/s1. The third kappa shape index (κ3) is 3.62. The zero-order chi connectivity index (χ0) is 16.2. The van der Waals surface area contributed by atoms with Gasteiger partial charge in [-0.15, -0.1) is 0 Å². The number of hydrogen-bond donors (Lipinski definition) is 1. The predicted octanol–water partition coefficient (Wildman–Crippen LogP) is 2.01. The number of imidazole rings is 1. The molecule has 0 unspecified atom stereocenters. The van der Waals surface area contributed by atoms with Crippen LogP contribution >= 0.6 is 0 Å². The molecule has 1 fully saturated rings. The van der Waals surface area contributed by atoms with E-state index in [1.165, 1.54) is 5.56 Å². The van der Waals surface area contributed by atoms with E-state index in [2.05, 4.69) is 45.7 Å². The highest BCUT2D eigenvalue weighted by Crippen LogP contribution is 2.17. The lowest BCUT2D eigenvalue weighted by atomic mass is 10.0. The Morgan fingerprint density at radius 3 is 2.83 bits per heavy atom. The number of rotatable bonds is 5. The van der Waals surface area contributed by atoms with Gasteiger partial charge in [-0.05, 0) is 25.8 Å². The monoisotopic (exact) mass is 312 g/mol. The highest BCUT2D eigenvalue weighted by atomic mass is 16.2. The number of aromatic nitrogens is 2. The molecule has 23 heavy (non-hydrogen) atoms. The maximum Gasteiger partial charge on any atom is 0.237 e. The van der Waals surface area contributed by atoms with Gasteiger partial charge in [0.25, 0.3) is 0 Å². The zero-order valence-electron chi connectivity index (χ0n) is 13.8. The normalized spacial score (nSPS) is 19.1. The van der Waals surface area contributed by atoms with Crippen molar-refractivity contribution in [1.82, 2.24) is 19.8 Å². The summed E-state index contributed by atoms with van der Waals surface area (Å²) in [5.74, 6) is 0.121. The molecule has 2 heterocycles. The number of hydrogen-bond acceptors (Lipinski definition) is 3. The van der Waals surface area contributed by atoms with E-state index in [9.17, 15) is 4.79 Å². The van der Waals surface area contributed by atoms with Crippen molar-refractivity contribution in [2.24, 2.45) is 0 Å². The summed E-state index contributed by atoms with van der Waals surface area (Å²) in [6.45, 7) is 6.63. The molecule has 5 heteroatoms. The van der Waals surface area contributed by atoms with E-state index in [1.54, 1.807) is 0 Å². The van der Waals surface area contributed by atoms with Crippen molar-refractivity contribution < 1.29 is 4.79 Å². The molecule has 1 aromatic heterocycles. The molecule has 0 bridgehead atoms. The van der Waals surface area contributed by atoms with Gasteiger partial charge in [0.05, 0.1) is 18.1 Å². The van der Waals surface area contributed by atoms with E-state index in [-0.39, 0.29) is 11.9 Å². The van der Waals surface area contributed by atoms with Gasteiger partial charge in [-0.2, -0.15) is 0 Å². The lowest BCUT2D eigenvalue weighted by Crippen LogP contribution is -2.55. The number of benzene rings is 1. The van der Waals surface area contributed by atoms with Crippen molar-refractivity contribution in [3.05, 3.63) is 54.1 Å². The second kappa shape index (κ2) is 6.96. The van der Waals surface area contributed by atoms with Crippen LogP contribution in [0.15, 0.2) is 42.9 Å². The van der Waals surface area contributed by atoms with Crippen LogP contribution in [-0.2, 0) is 17.8 Å². The van der Waals surface area contributed by atoms with E-state index in [1.807, 2.05) is 30.7 Å². The Bertz CT molecular complexity index is 650. The molecule has 1 atom stereocenters. The number of nitrogens with one attached hydrogen (secondary N) is 1. The number of amides is 1. The maximum atomic E-state index is 12.4. The molecule has 1 aromatic carbocycles. The van der Waals surface area contributed by atoms with Crippen molar-refractivity contribution in [2.45, 2.75) is 38.9 Å². The van der Waals surface area contributed by atoms with Crippen molar-refractivity contribution in [3.8, 4) is 0 Å². The van der Waals surface area contributed by atoms with Gasteiger partial charge in [0.1, 0.15) is 0 Å². The lowest BCUT2D eigenvalue weighted by molar-refractivity contribution is -0.129. The summed E-state index contributed by atoms with van der Waals surface area (Å²) in [4.78, 5) is 18.9. The fourth-order valence-corrected chi connectivity index (χ4v) is 3.14. The summed E-state index contributed by atoms with van der Waals surface area (Å²) in [6.07, 6.45) is 4.52. The average Bonchev–Trinajstić information content (AvgIpc) is 3.00. The van der Waals surface area contributed by atoms with E-state index in [4.69, 9.17) is 0 Å². The zero-order valence-corrected chi connectivity index (χ0v) is 13.8. The van der Waals surface area contributed by atoms with Crippen molar-refractivity contribution >= 4 is 5.91 Å². The Kier molecular flexibility index (Phi) is 4.76. The van der Waals surface area contributed by atoms with Gasteiger partial charge in [-0.3, -0.25) is 9.69 Å². The van der Waals surface area contributed by atoms with E-state index in [0.717, 1.165) is 25.2 Å². The van der Waals surface area contributed by atoms with Crippen LogP contribution in [0.5, 0.6) is 0 Å². The predicted molar refractivity (Wildman–Crippen MR) is 90.0 cm³/mol. The second-order valence-corrected chi connectivity index (χ2v) is 6.35. The van der Waals surface area contributed by atoms with Crippen LogP contribution in [0.25, 0.3) is 0 Å². The SMILES string of the molecule is CC(C)n1cncc1CN1CCNC(=O)[C@H]1Cc1ccccc1. The first-order valence-electron chi connectivity index (χ1n) is 8.21. The number of piperazine rings is 1. The minimum absolute atomic E-state index is 0.121. The molecule has 1 amide bonds. The first kappa shape index (κ1) is 15.7. The quantitative estimate of drug-likeness (QED) is 0.919. The second-order valence-electron chi connectivity index (χ2n) is 6.35. The molecule has 5 nitrogen and oxygen atoms in total. The van der Waals surface area contributed by atoms with Crippen molar-refractivity contribution in [3.63, 3.8) is 0 Å². The van der Waals surface area contributed by atoms with Crippen LogP contribution in [0.4, 0.5) is 0 Å². The lowest BCUT2D eigenvalue weighted by Gasteiger charge is -2.35. The molecular weight excluding hydrogens is 288 g/mol. The van der Waals surface area contributed by atoms with Crippen LogP contribution in [-0.4, -0.2) is 39.5 Å². The van der Waals surface area contributed by atoms with Crippen LogP contribution in [0.1, 0.15) is 31.1 Å². The van der Waals surface area contributed by atoms with Gasteiger partial charge in [-0.1, -0.05) is 30.3 Å². The number of carbonyl (C=O) groups is 1. The molecule has 1 aliphatic rings. The molecule has 1 saturated heterocycles. The molecule has 0 radical (unpaired) electrons. The molecule has 2 aromatic rings. The van der Waals surface area contributed by atoms with E-state index >= 15 is 0 Å². The topological polar surface area (TPSA) is 50.2 Å².